The SMILES string of the molecule is Cl.Cl.Cl.Cl.Cl.Cl.Cl.Cl.Cl.Cl.Cl.Cl.Cl.Cl.Cl.Cl.Cl.Cl.Cl.Cl.Cl.Cl.Cl.Cl.Cl.Cl.Cl.Cl.Cl.Cl.Cl.Cl.Cl.Cl.Cl.Cl.Cl.Cl.Cl.Cl.Cl.Cl.Cl.Cl.Cl. The van der Waals surface area contributed by atoms with Gasteiger partial charge in [-0.2, -0.15) is 0 Å². The fourth-order valence-corrected chi connectivity index (χ4v) is 0. The topological polar surface area (TPSA) is 0 Å². The van der Waals surface area contributed by atoms with Crippen LogP contribution in [0.3, 0.4) is 0 Å². The highest BCUT2D eigenvalue weighted by molar-refractivity contribution is 5.90. The summed E-state index contributed by atoms with van der Waals surface area (Å²) in [5, 5.41) is 0. The van der Waals surface area contributed by atoms with E-state index in [1.807, 2.05) is 0 Å². The predicted molar refractivity (Wildman–Crippen MR) is 326 cm³/mol. The van der Waals surface area contributed by atoms with Gasteiger partial charge in [-0.15, -0.1) is 558 Å². The van der Waals surface area contributed by atoms with E-state index in [2.05, 4.69) is 0 Å². The standard InChI is InChI=1S/45ClH/h45*1H. The van der Waals surface area contributed by atoms with E-state index in [1.54, 1.807) is 0 Å². The highest BCUT2D eigenvalue weighted by Gasteiger charge is -0.103. The minimum atomic E-state index is 0. The van der Waals surface area contributed by atoms with Crippen LogP contribution in [0, 0.1) is 0 Å². The lowest BCUT2D eigenvalue weighted by Crippen LogP contribution is 0.688. The van der Waals surface area contributed by atoms with Crippen molar-refractivity contribution in [3.8, 4) is 0 Å². The van der Waals surface area contributed by atoms with Crippen LogP contribution in [-0.4, -0.2) is 0 Å². The summed E-state index contributed by atoms with van der Waals surface area (Å²) in [6, 6.07) is 0. The summed E-state index contributed by atoms with van der Waals surface area (Å²) in [4.78, 5) is 0. The van der Waals surface area contributed by atoms with E-state index < -0.39 is 0 Å². The summed E-state index contributed by atoms with van der Waals surface area (Å²) in [6.07, 6.45) is 0. The van der Waals surface area contributed by atoms with Crippen molar-refractivity contribution in [2.75, 3.05) is 0 Å². The molecule has 0 atom stereocenters. The summed E-state index contributed by atoms with van der Waals surface area (Å²) in [5.74, 6) is 0. The van der Waals surface area contributed by atoms with E-state index in [-0.39, 0.29) is 558 Å². The van der Waals surface area contributed by atoms with E-state index in [9.17, 15) is 0 Å². The van der Waals surface area contributed by atoms with Crippen molar-refractivity contribution in [3.63, 3.8) is 0 Å². The van der Waals surface area contributed by atoms with Crippen LogP contribution in [0.5, 0.6) is 0 Å². The summed E-state index contributed by atoms with van der Waals surface area (Å²) in [5.41, 5.74) is 0. The van der Waals surface area contributed by atoms with Crippen molar-refractivity contribution < 1.29 is 0 Å². The maximum Gasteiger partial charge on any atom is -0.147 e. The number of hydrogen-bond donors (Lipinski definition) is 0. The fourth-order valence-electron chi connectivity index (χ4n) is 0. The normalized spacial score (nSPS) is 0. The van der Waals surface area contributed by atoms with Gasteiger partial charge in [0.05, 0.1) is 0 Å². The van der Waals surface area contributed by atoms with Crippen LogP contribution in [-0.2, 0) is 0 Å². The molecule has 360 valence electrons. The van der Waals surface area contributed by atoms with Gasteiger partial charge in [0.25, 0.3) is 0 Å². The minimum Gasteiger partial charge on any atom is -0.147 e. The lowest BCUT2D eigenvalue weighted by Gasteiger charge is -0.148. The van der Waals surface area contributed by atoms with Crippen molar-refractivity contribution in [1.82, 2.24) is 0 Å². The van der Waals surface area contributed by atoms with E-state index in [4.69, 9.17) is 0 Å². The van der Waals surface area contributed by atoms with Gasteiger partial charge in [-0.25, -0.2) is 0 Å². The van der Waals surface area contributed by atoms with Crippen molar-refractivity contribution in [1.29, 1.82) is 0 Å². The first-order valence-corrected chi connectivity index (χ1v) is 0. The molecule has 0 aromatic carbocycles. The Labute approximate surface area is 548 Å². The van der Waals surface area contributed by atoms with Crippen LogP contribution in [0.25, 0.3) is 0 Å². The Hall–Kier alpha value is 13.0. The zero-order valence-electron chi connectivity index (χ0n) is 18.4. The van der Waals surface area contributed by atoms with Crippen LogP contribution < -0.4 is 0 Å². The van der Waals surface area contributed by atoms with Gasteiger partial charge in [0.15, 0.2) is 0 Å². The summed E-state index contributed by atoms with van der Waals surface area (Å²) < 4.78 is 0. The lowest BCUT2D eigenvalue weighted by molar-refractivity contribution is 5.85. The molecular weight excluding hydrogens is 1600 g/mol. The molecular formula is H45Cl45. The molecule has 0 amide bonds. The van der Waals surface area contributed by atoms with Crippen LogP contribution in [0.15, 0.2) is 0 Å². The highest BCUT2D eigenvalue weighted by atomic mass is 35.5. The lowest BCUT2D eigenvalue weighted by atomic mass is 35.5. The summed E-state index contributed by atoms with van der Waals surface area (Å²) in [6.45, 7) is 0. The van der Waals surface area contributed by atoms with Crippen LogP contribution in [0.1, 0.15) is 0 Å². The summed E-state index contributed by atoms with van der Waals surface area (Å²) >= 11 is 0. The average Bonchev–Trinajstić information content (AvgIpc) is 0. The third kappa shape index (κ3) is 1020. The first kappa shape index (κ1) is 1110. The maximum absolute atomic E-state index is 0. The van der Waals surface area contributed by atoms with E-state index >= 15 is 0 Å². The molecule has 0 radical (unpaired) electrons. The highest BCUT2D eigenvalue weighted by Crippen LogP contribution is 0.733. The first-order valence-electron chi connectivity index (χ1n) is 0. The van der Waals surface area contributed by atoms with Crippen LogP contribution in [0.2, 0.25) is 0 Å². The quantitative estimate of drug-likeness (QED) is 0.227. The molecule has 0 N–H and O–H groups in total. The molecule has 45 heteroatoms. The molecule has 0 aliphatic carbocycles. The second-order valence-electron chi connectivity index (χ2n) is 0. The van der Waals surface area contributed by atoms with Gasteiger partial charge in [0.1, 0.15) is 0 Å². The second-order valence-corrected chi connectivity index (χ2v) is 0. The Balaban J connectivity index is 0. The molecule has 0 saturated heterocycles. The summed E-state index contributed by atoms with van der Waals surface area (Å²) in [7, 11) is 0. The molecule has 0 aliphatic heterocycles. The van der Waals surface area contributed by atoms with Gasteiger partial charge < -0.3 is 0 Å². The molecule has 0 nitrogen and oxygen atoms in total. The van der Waals surface area contributed by atoms with E-state index in [1.165, 1.54) is 0 Å². The Morgan fingerprint density at radius 2 is 0.0222 bits per heavy atom. The Kier molecular flexibility index (Phi) is 25900. The average molecular weight is 1640 g/mol. The Morgan fingerprint density at radius 3 is 0.0222 bits per heavy atom. The molecule has 0 heterocycles. The number of rotatable bonds is 0. The first-order chi connectivity index (χ1) is 0. The van der Waals surface area contributed by atoms with Gasteiger partial charge in [-0.3, -0.25) is 0 Å². The van der Waals surface area contributed by atoms with Crippen molar-refractivity contribution >= 4 is 558 Å². The van der Waals surface area contributed by atoms with Crippen molar-refractivity contribution in [2.45, 2.75) is 0 Å². The Morgan fingerprint density at radius 1 is 0.0222 bits per heavy atom. The number of hydrogen-bond acceptors (Lipinski definition) is 0. The van der Waals surface area contributed by atoms with Crippen molar-refractivity contribution in [2.24, 2.45) is 0 Å². The number of halogens is 45. The third-order valence-electron chi connectivity index (χ3n) is 0. The molecule has 0 bridgehead atoms. The van der Waals surface area contributed by atoms with E-state index in [0.29, 0.717) is 0 Å². The van der Waals surface area contributed by atoms with Gasteiger partial charge in [0.2, 0.25) is 0 Å². The van der Waals surface area contributed by atoms with Crippen LogP contribution in [0.4, 0.5) is 0 Å². The molecule has 0 saturated carbocycles. The molecule has 0 aliphatic rings. The minimum absolute atomic E-state index is 0. The monoisotopic (exact) mass is 1620 g/mol. The van der Waals surface area contributed by atoms with Gasteiger partial charge in [-0.1, -0.05) is 0 Å². The van der Waals surface area contributed by atoms with Crippen LogP contribution >= 0.6 is 558 Å². The molecule has 0 spiro atoms. The van der Waals surface area contributed by atoms with Gasteiger partial charge >= 0.3 is 0 Å². The molecule has 0 aromatic heterocycles. The molecule has 0 unspecified atom stereocenters. The molecule has 0 rings (SSSR count). The van der Waals surface area contributed by atoms with Gasteiger partial charge in [0, 0.05) is 0 Å². The predicted octanol–water partition coefficient (Wildman–Crippen LogP) is 19.0. The Bertz CT molecular complexity index is 0. The third-order valence-corrected chi connectivity index (χ3v) is 0. The second kappa shape index (κ2) is 1050. The largest absolute Gasteiger partial charge is 0.147 e. The van der Waals surface area contributed by atoms with E-state index in [0.717, 1.165) is 0 Å². The maximum atomic E-state index is 0. The fraction of sp³-hybridized carbons (Fsp3) is 0. The zero-order chi connectivity index (χ0) is 0. The van der Waals surface area contributed by atoms with Gasteiger partial charge in [-0.05, 0) is 0 Å². The smallest absolute Gasteiger partial charge is 0.147 e. The van der Waals surface area contributed by atoms with Crippen molar-refractivity contribution in [3.05, 3.63) is 0 Å². The molecule has 45 heavy (non-hydrogen) atoms. The zero-order valence-corrected chi connectivity index (χ0v) is 55.1. The molecule has 0 aromatic rings. The molecule has 0 fully saturated rings.